The van der Waals surface area contributed by atoms with E-state index in [0.717, 1.165) is 42.2 Å². The summed E-state index contributed by atoms with van der Waals surface area (Å²) in [4.78, 5) is 5.77. The van der Waals surface area contributed by atoms with Gasteiger partial charge in [0, 0.05) is 30.8 Å². The van der Waals surface area contributed by atoms with Crippen LogP contribution in [-0.4, -0.2) is 22.8 Å². The quantitative estimate of drug-likeness (QED) is 0.725. The Kier molecular flexibility index (Phi) is 6.08. The minimum atomic E-state index is 0.190. The third-order valence-electron chi connectivity index (χ3n) is 3.16. The molecule has 0 aliphatic heterocycles. The lowest BCUT2D eigenvalue weighted by atomic mass is 10.3. The monoisotopic (exact) mass is 327 g/mol. The molecule has 2 aromatic heterocycles. The third-order valence-corrected chi connectivity index (χ3v) is 4.57. The van der Waals surface area contributed by atoms with E-state index in [-0.39, 0.29) is 6.04 Å². The highest BCUT2D eigenvalue weighted by molar-refractivity contribution is 7.16. The molecule has 6 heteroatoms. The molecule has 2 aromatic rings. The van der Waals surface area contributed by atoms with Crippen molar-refractivity contribution in [1.82, 2.24) is 9.55 Å². The number of nitrogens with one attached hydrogen (secondary N) is 1. The Morgan fingerprint density at radius 1 is 1.48 bits per heavy atom. The lowest BCUT2D eigenvalue weighted by Gasteiger charge is -2.14. The van der Waals surface area contributed by atoms with E-state index in [9.17, 15) is 0 Å². The first-order chi connectivity index (χ1) is 10.1. The molecular weight excluding hydrogens is 306 g/mol. The molecule has 0 aliphatic rings. The van der Waals surface area contributed by atoms with Crippen LogP contribution in [0.5, 0.6) is 0 Å². The molecule has 0 radical (unpaired) electrons. The Bertz CT molecular complexity index is 567. The van der Waals surface area contributed by atoms with Gasteiger partial charge in [0.15, 0.2) is 0 Å². The lowest BCUT2D eigenvalue weighted by molar-refractivity contribution is 0.142. The van der Waals surface area contributed by atoms with E-state index in [1.165, 1.54) is 4.88 Å². The molecule has 116 valence electrons. The maximum atomic E-state index is 6.00. The Hall–Kier alpha value is -1.04. The van der Waals surface area contributed by atoms with Gasteiger partial charge in [0.1, 0.15) is 0 Å². The molecule has 4 nitrogen and oxygen atoms in total. The SMILES string of the molecule is CCOCCCn1cc(C)nc1NC(C)c1ccc(Cl)s1. The first kappa shape index (κ1) is 16.3. The van der Waals surface area contributed by atoms with Gasteiger partial charge < -0.3 is 14.6 Å². The molecule has 0 amide bonds. The fourth-order valence-electron chi connectivity index (χ4n) is 2.14. The number of aromatic nitrogens is 2. The smallest absolute Gasteiger partial charge is 0.203 e. The predicted octanol–water partition coefficient (Wildman–Crippen LogP) is 4.51. The van der Waals surface area contributed by atoms with Crippen molar-refractivity contribution in [2.75, 3.05) is 18.5 Å². The standard InChI is InChI=1S/C15H22ClN3OS/c1-4-20-9-5-8-19-10-11(2)17-15(19)18-12(3)13-6-7-14(16)21-13/h6-7,10,12H,4-5,8-9H2,1-3H3,(H,17,18). The average molecular weight is 328 g/mol. The second-order valence-corrected chi connectivity index (χ2v) is 6.70. The average Bonchev–Trinajstić information content (AvgIpc) is 3.01. The van der Waals surface area contributed by atoms with Crippen LogP contribution in [0.25, 0.3) is 0 Å². The van der Waals surface area contributed by atoms with Crippen LogP contribution in [0.4, 0.5) is 5.95 Å². The zero-order chi connectivity index (χ0) is 15.2. The molecular formula is C15H22ClN3OS. The molecule has 0 aliphatic carbocycles. The summed E-state index contributed by atoms with van der Waals surface area (Å²) in [6, 6.07) is 4.18. The normalized spacial score (nSPS) is 12.6. The number of hydrogen-bond acceptors (Lipinski definition) is 4. The van der Waals surface area contributed by atoms with Crippen LogP contribution in [0.15, 0.2) is 18.3 Å². The number of rotatable bonds is 8. The first-order valence-electron chi connectivity index (χ1n) is 7.23. The number of thiophene rings is 1. The summed E-state index contributed by atoms with van der Waals surface area (Å²) in [6.45, 7) is 8.60. The van der Waals surface area contributed by atoms with Crippen molar-refractivity contribution in [1.29, 1.82) is 0 Å². The van der Waals surface area contributed by atoms with Gasteiger partial charge in [-0.1, -0.05) is 11.6 Å². The summed E-state index contributed by atoms with van der Waals surface area (Å²) in [5.41, 5.74) is 1.02. The van der Waals surface area contributed by atoms with E-state index in [4.69, 9.17) is 16.3 Å². The van der Waals surface area contributed by atoms with Crippen molar-refractivity contribution in [3.05, 3.63) is 33.2 Å². The molecule has 21 heavy (non-hydrogen) atoms. The van der Waals surface area contributed by atoms with Crippen LogP contribution < -0.4 is 5.32 Å². The fourth-order valence-corrected chi connectivity index (χ4v) is 3.20. The predicted molar refractivity (Wildman–Crippen MR) is 89.4 cm³/mol. The molecule has 2 rings (SSSR count). The number of hydrogen-bond donors (Lipinski definition) is 1. The maximum Gasteiger partial charge on any atom is 0.203 e. The molecule has 0 saturated heterocycles. The molecule has 1 atom stereocenters. The topological polar surface area (TPSA) is 39.1 Å². The lowest BCUT2D eigenvalue weighted by Crippen LogP contribution is -2.11. The number of nitrogens with zero attached hydrogens (tertiary/aromatic N) is 2. The number of imidazole rings is 1. The summed E-state index contributed by atoms with van der Waals surface area (Å²) in [7, 11) is 0. The molecule has 0 saturated carbocycles. The van der Waals surface area contributed by atoms with Crippen molar-refractivity contribution < 1.29 is 4.74 Å². The van der Waals surface area contributed by atoms with Gasteiger partial charge in [-0.15, -0.1) is 11.3 Å². The van der Waals surface area contributed by atoms with Gasteiger partial charge >= 0.3 is 0 Å². The summed E-state index contributed by atoms with van der Waals surface area (Å²) < 4.78 is 8.36. The molecule has 1 unspecified atom stereocenters. The molecule has 1 N–H and O–H groups in total. The Labute approximate surface area is 135 Å². The zero-order valence-corrected chi connectivity index (χ0v) is 14.3. The minimum absolute atomic E-state index is 0.190. The van der Waals surface area contributed by atoms with E-state index in [2.05, 4.69) is 34.1 Å². The number of halogens is 1. The van der Waals surface area contributed by atoms with E-state index >= 15 is 0 Å². The van der Waals surface area contributed by atoms with E-state index in [1.54, 1.807) is 11.3 Å². The fraction of sp³-hybridized carbons (Fsp3) is 0.533. The van der Waals surface area contributed by atoms with Gasteiger partial charge in [-0.05, 0) is 39.3 Å². The van der Waals surface area contributed by atoms with Crippen LogP contribution in [0.3, 0.4) is 0 Å². The highest BCUT2D eigenvalue weighted by Gasteiger charge is 2.12. The van der Waals surface area contributed by atoms with E-state index in [1.807, 2.05) is 19.9 Å². The molecule has 0 bridgehead atoms. The number of aryl methyl sites for hydroxylation is 2. The largest absolute Gasteiger partial charge is 0.382 e. The van der Waals surface area contributed by atoms with Gasteiger partial charge in [0.2, 0.25) is 5.95 Å². The van der Waals surface area contributed by atoms with Crippen LogP contribution in [0, 0.1) is 6.92 Å². The second-order valence-electron chi connectivity index (χ2n) is 4.96. The third kappa shape index (κ3) is 4.73. The van der Waals surface area contributed by atoms with Crippen molar-refractivity contribution in [3.63, 3.8) is 0 Å². The number of anilines is 1. The molecule has 0 spiro atoms. The van der Waals surface area contributed by atoms with Crippen LogP contribution in [0.2, 0.25) is 4.34 Å². The van der Waals surface area contributed by atoms with Crippen LogP contribution in [0.1, 0.15) is 36.9 Å². The summed E-state index contributed by atoms with van der Waals surface area (Å²) in [6.07, 6.45) is 3.06. The second kappa shape index (κ2) is 7.82. The Balaban J connectivity index is 1.98. The molecule has 0 aromatic carbocycles. The highest BCUT2D eigenvalue weighted by atomic mass is 35.5. The Morgan fingerprint density at radius 3 is 2.95 bits per heavy atom. The zero-order valence-electron chi connectivity index (χ0n) is 12.7. The van der Waals surface area contributed by atoms with Gasteiger partial charge in [-0.3, -0.25) is 0 Å². The van der Waals surface area contributed by atoms with E-state index in [0.29, 0.717) is 0 Å². The summed E-state index contributed by atoms with van der Waals surface area (Å²) >= 11 is 7.60. The maximum absolute atomic E-state index is 6.00. The Morgan fingerprint density at radius 2 is 2.29 bits per heavy atom. The minimum Gasteiger partial charge on any atom is -0.382 e. The van der Waals surface area contributed by atoms with Crippen molar-refractivity contribution in [2.45, 2.75) is 39.8 Å². The van der Waals surface area contributed by atoms with Crippen LogP contribution in [-0.2, 0) is 11.3 Å². The highest BCUT2D eigenvalue weighted by Crippen LogP contribution is 2.28. The van der Waals surface area contributed by atoms with Crippen molar-refractivity contribution >= 4 is 28.9 Å². The van der Waals surface area contributed by atoms with E-state index < -0.39 is 0 Å². The van der Waals surface area contributed by atoms with Gasteiger partial charge in [-0.2, -0.15) is 0 Å². The molecule has 0 fully saturated rings. The summed E-state index contributed by atoms with van der Waals surface area (Å²) in [5, 5.41) is 3.46. The van der Waals surface area contributed by atoms with Crippen molar-refractivity contribution in [2.24, 2.45) is 0 Å². The van der Waals surface area contributed by atoms with Gasteiger partial charge in [0.25, 0.3) is 0 Å². The molecule has 2 heterocycles. The van der Waals surface area contributed by atoms with Crippen LogP contribution >= 0.6 is 22.9 Å². The first-order valence-corrected chi connectivity index (χ1v) is 8.43. The number of ether oxygens (including phenoxy) is 1. The van der Waals surface area contributed by atoms with Gasteiger partial charge in [0.05, 0.1) is 16.1 Å². The van der Waals surface area contributed by atoms with Crippen molar-refractivity contribution in [3.8, 4) is 0 Å². The van der Waals surface area contributed by atoms with Gasteiger partial charge in [-0.25, -0.2) is 4.98 Å². The summed E-state index contributed by atoms with van der Waals surface area (Å²) in [5.74, 6) is 0.904.